The number of carboxylic acids is 1. The predicted octanol–water partition coefficient (Wildman–Crippen LogP) is -1.63. The van der Waals surface area contributed by atoms with Crippen LogP contribution in [0.15, 0.2) is 11.8 Å². The molecule has 1 aliphatic rings. The Balaban J connectivity index is 0.00000324. The molecule has 19 heavy (non-hydrogen) atoms. The number of carboxylic acid groups (broad SMARTS) is 1. The smallest absolute Gasteiger partial charge is 0.543 e. The molecule has 0 aromatic rings. The topological polar surface area (TPSA) is 69.2 Å². The molecule has 1 amide bonds. The number of amides is 1. The van der Waals surface area contributed by atoms with Crippen molar-refractivity contribution in [3.63, 3.8) is 0 Å². The standard InChI is InChI=1S/C14H23NO3.Na/c1-4-5-6-7-8-11(13(17)18)15-12(16)10-9-14(10,2)3;/h8,10H,4-7,9H2,1-3H3,(H,15,16)(H,17,18);/q;+1/p-1/b11-8-;. The van der Waals surface area contributed by atoms with Crippen molar-refractivity contribution in [1.29, 1.82) is 0 Å². The molecular weight excluding hydrogens is 253 g/mol. The number of allylic oxidation sites excluding steroid dienone is 1. The minimum atomic E-state index is -1.31. The van der Waals surface area contributed by atoms with Crippen LogP contribution in [0.3, 0.4) is 0 Å². The van der Waals surface area contributed by atoms with Gasteiger partial charge in [-0.05, 0) is 24.7 Å². The summed E-state index contributed by atoms with van der Waals surface area (Å²) < 4.78 is 0. The summed E-state index contributed by atoms with van der Waals surface area (Å²) in [6.45, 7) is 6.09. The summed E-state index contributed by atoms with van der Waals surface area (Å²) in [5, 5.41) is 13.4. The van der Waals surface area contributed by atoms with E-state index in [1.807, 2.05) is 13.8 Å². The van der Waals surface area contributed by atoms with Gasteiger partial charge in [0.1, 0.15) is 0 Å². The summed E-state index contributed by atoms with van der Waals surface area (Å²) >= 11 is 0. The number of carbonyl (C=O) groups excluding carboxylic acids is 2. The molecule has 4 nitrogen and oxygen atoms in total. The van der Waals surface area contributed by atoms with Gasteiger partial charge < -0.3 is 15.2 Å². The van der Waals surface area contributed by atoms with Crippen LogP contribution in [0.5, 0.6) is 0 Å². The molecule has 0 bridgehead atoms. The molecule has 1 atom stereocenters. The predicted molar refractivity (Wildman–Crippen MR) is 67.3 cm³/mol. The second kappa shape index (κ2) is 8.08. The van der Waals surface area contributed by atoms with Gasteiger partial charge in [-0.25, -0.2) is 0 Å². The maximum absolute atomic E-state index is 11.8. The van der Waals surface area contributed by atoms with E-state index < -0.39 is 5.97 Å². The zero-order valence-electron chi connectivity index (χ0n) is 12.4. The Morgan fingerprint density at radius 3 is 2.37 bits per heavy atom. The molecule has 5 heteroatoms. The van der Waals surface area contributed by atoms with Crippen molar-refractivity contribution in [3.8, 4) is 0 Å². The van der Waals surface area contributed by atoms with Gasteiger partial charge in [0, 0.05) is 5.92 Å². The molecule has 102 valence electrons. The van der Waals surface area contributed by atoms with Crippen LogP contribution in [0.2, 0.25) is 0 Å². The summed E-state index contributed by atoms with van der Waals surface area (Å²) in [5.74, 6) is -1.58. The fourth-order valence-electron chi connectivity index (χ4n) is 1.96. The molecule has 1 N–H and O–H groups in total. The fraction of sp³-hybridized carbons (Fsp3) is 0.714. The van der Waals surface area contributed by atoms with Crippen LogP contribution in [0.1, 0.15) is 52.9 Å². The minimum absolute atomic E-state index is 0. The van der Waals surface area contributed by atoms with Crippen molar-refractivity contribution in [2.45, 2.75) is 52.9 Å². The Hall–Kier alpha value is -0.320. The first-order valence-electron chi connectivity index (χ1n) is 6.61. The van der Waals surface area contributed by atoms with Crippen molar-refractivity contribution < 1.29 is 44.3 Å². The van der Waals surface area contributed by atoms with Gasteiger partial charge in [-0.1, -0.05) is 39.7 Å². The van der Waals surface area contributed by atoms with Crippen LogP contribution in [0.4, 0.5) is 0 Å². The van der Waals surface area contributed by atoms with E-state index in [0.29, 0.717) is 6.42 Å². The number of aliphatic carboxylic acids is 1. The zero-order chi connectivity index (χ0) is 13.8. The van der Waals surface area contributed by atoms with E-state index in [1.54, 1.807) is 6.08 Å². The molecule has 1 aliphatic carbocycles. The van der Waals surface area contributed by atoms with Gasteiger partial charge in [-0.15, -0.1) is 0 Å². The quantitative estimate of drug-likeness (QED) is 0.344. The molecule has 1 rings (SSSR count). The number of hydrogen-bond acceptors (Lipinski definition) is 3. The van der Waals surface area contributed by atoms with E-state index in [1.165, 1.54) is 0 Å². The Labute approximate surface area is 137 Å². The summed E-state index contributed by atoms with van der Waals surface area (Å²) in [7, 11) is 0. The van der Waals surface area contributed by atoms with Crippen LogP contribution >= 0.6 is 0 Å². The number of nitrogens with one attached hydrogen (secondary N) is 1. The van der Waals surface area contributed by atoms with E-state index in [2.05, 4.69) is 12.2 Å². The third kappa shape index (κ3) is 6.11. The minimum Gasteiger partial charge on any atom is -0.543 e. The molecular formula is C14H22NNaO3. The van der Waals surface area contributed by atoms with E-state index in [0.717, 1.165) is 25.7 Å². The molecule has 1 unspecified atom stereocenters. The first-order chi connectivity index (χ1) is 8.38. The average molecular weight is 275 g/mol. The van der Waals surface area contributed by atoms with Crippen molar-refractivity contribution in [2.75, 3.05) is 0 Å². The van der Waals surface area contributed by atoms with Crippen molar-refractivity contribution in [2.24, 2.45) is 11.3 Å². The molecule has 0 saturated heterocycles. The van der Waals surface area contributed by atoms with Gasteiger partial charge in [0.15, 0.2) is 0 Å². The largest absolute Gasteiger partial charge is 1.00 e. The van der Waals surface area contributed by atoms with Gasteiger partial charge >= 0.3 is 29.6 Å². The second-order valence-electron chi connectivity index (χ2n) is 5.64. The Bertz CT molecular complexity index is 364. The molecule has 1 saturated carbocycles. The average Bonchev–Trinajstić information content (AvgIpc) is 2.92. The zero-order valence-corrected chi connectivity index (χ0v) is 14.4. The van der Waals surface area contributed by atoms with Crippen molar-refractivity contribution >= 4 is 11.9 Å². The summed E-state index contributed by atoms with van der Waals surface area (Å²) in [6.07, 6.45) is 6.09. The molecule has 0 aromatic carbocycles. The Morgan fingerprint density at radius 1 is 1.37 bits per heavy atom. The monoisotopic (exact) mass is 275 g/mol. The third-order valence-electron chi connectivity index (χ3n) is 3.46. The van der Waals surface area contributed by atoms with Gasteiger partial charge in [0.05, 0.1) is 11.7 Å². The number of carbonyl (C=O) groups is 2. The van der Waals surface area contributed by atoms with Crippen LogP contribution < -0.4 is 40.0 Å². The summed E-state index contributed by atoms with van der Waals surface area (Å²) in [6, 6.07) is 0. The molecule has 0 spiro atoms. The molecule has 1 fully saturated rings. The van der Waals surface area contributed by atoms with Crippen LogP contribution in [-0.4, -0.2) is 11.9 Å². The van der Waals surface area contributed by atoms with E-state index in [4.69, 9.17) is 0 Å². The maximum atomic E-state index is 11.8. The first-order valence-corrected chi connectivity index (χ1v) is 6.61. The summed E-state index contributed by atoms with van der Waals surface area (Å²) in [4.78, 5) is 22.7. The molecule has 0 heterocycles. The number of rotatable bonds is 7. The molecule has 0 radical (unpaired) electrons. The van der Waals surface area contributed by atoms with Gasteiger partial charge in [-0.3, -0.25) is 4.79 Å². The third-order valence-corrected chi connectivity index (χ3v) is 3.46. The number of hydrogen-bond donors (Lipinski definition) is 1. The molecule has 0 aliphatic heterocycles. The maximum Gasteiger partial charge on any atom is 1.00 e. The Kier molecular flexibility index (Phi) is 7.94. The second-order valence-corrected chi connectivity index (χ2v) is 5.64. The summed E-state index contributed by atoms with van der Waals surface area (Å²) in [5.41, 5.74) is -0.0811. The SMILES string of the molecule is CCCCC/C=C(\NC(=O)C1CC1(C)C)C(=O)[O-].[Na+]. The number of unbranched alkanes of at least 4 members (excludes halogenated alkanes) is 3. The van der Waals surface area contributed by atoms with Crippen LogP contribution in [0, 0.1) is 11.3 Å². The van der Waals surface area contributed by atoms with Gasteiger partial charge in [0.25, 0.3) is 0 Å². The van der Waals surface area contributed by atoms with E-state index in [-0.39, 0.29) is 52.5 Å². The van der Waals surface area contributed by atoms with Crippen molar-refractivity contribution in [3.05, 3.63) is 11.8 Å². The van der Waals surface area contributed by atoms with Crippen LogP contribution in [-0.2, 0) is 9.59 Å². The first kappa shape index (κ1) is 18.7. The van der Waals surface area contributed by atoms with E-state index in [9.17, 15) is 14.7 Å². The normalized spacial score (nSPS) is 20.4. The van der Waals surface area contributed by atoms with Gasteiger partial charge in [-0.2, -0.15) is 0 Å². The van der Waals surface area contributed by atoms with Gasteiger partial charge in [0.2, 0.25) is 5.91 Å². The van der Waals surface area contributed by atoms with Crippen molar-refractivity contribution in [1.82, 2.24) is 5.32 Å². The Morgan fingerprint density at radius 2 is 1.95 bits per heavy atom. The molecule has 0 aromatic heterocycles. The fourth-order valence-corrected chi connectivity index (χ4v) is 1.96. The van der Waals surface area contributed by atoms with Crippen LogP contribution in [0.25, 0.3) is 0 Å². The van der Waals surface area contributed by atoms with E-state index >= 15 is 0 Å².